The predicted octanol–water partition coefficient (Wildman–Crippen LogP) is 2.75. The number of halogens is 1. The molecule has 1 spiro atoms. The molecule has 0 unspecified atom stereocenters. The predicted molar refractivity (Wildman–Crippen MR) is 92.4 cm³/mol. The van der Waals surface area contributed by atoms with Crippen molar-refractivity contribution in [1.29, 1.82) is 0 Å². The number of furan rings is 1. The molecule has 1 fully saturated rings. The molecule has 0 bridgehead atoms. The van der Waals surface area contributed by atoms with E-state index < -0.39 is 0 Å². The van der Waals surface area contributed by atoms with Crippen LogP contribution < -0.4 is 10.6 Å². The van der Waals surface area contributed by atoms with Crippen molar-refractivity contribution >= 4 is 38.5 Å². The fourth-order valence-electron chi connectivity index (χ4n) is 3.32. The summed E-state index contributed by atoms with van der Waals surface area (Å²) in [6.45, 7) is 1.88. The molecule has 2 aliphatic heterocycles. The minimum atomic E-state index is -0.383. The maximum atomic E-state index is 12.6. The van der Waals surface area contributed by atoms with Gasteiger partial charge in [-0.3, -0.25) is 4.79 Å². The number of hydrogen-bond acceptors (Lipinski definition) is 4. The average molecular weight is 374 g/mol. The first-order valence-corrected chi connectivity index (χ1v) is 8.32. The van der Waals surface area contributed by atoms with E-state index in [1.807, 2.05) is 6.07 Å². The van der Waals surface area contributed by atoms with Crippen molar-refractivity contribution in [2.45, 2.75) is 18.5 Å². The molecule has 3 heterocycles. The van der Waals surface area contributed by atoms with Crippen LogP contribution in [0.2, 0.25) is 0 Å². The van der Waals surface area contributed by atoms with Crippen LogP contribution in [0, 0.1) is 12.3 Å². The van der Waals surface area contributed by atoms with E-state index in [2.05, 4.69) is 44.4 Å². The monoisotopic (exact) mass is 373 g/mol. The first-order valence-electron chi connectivity index (χ1n) is 7.53. The highest BCUT2D eigenvalue weighted by Crippen LogP contribution is 2.41. The first kappa shape index (κ1) is 14.6. The Bertz CT molecular complexity index is 857. The average Bonchev–Trinajstić information content (AvgIpc) is 2.96. The number of nitrogens with one attached hydrogen (secondary N) is 2. The van der Waals surface area contributed by atoms with E-state index in [0.717, 1.165) is 41.5 Å². The Morgan fingerprint density at radius 2 is 2.09 bits per heavy atom. The molecule has 1 aromatic heterocycles. The molecule has 0 atom stereocenters. The van der Waals surface area contributed by atoms with Gasteiger partial charge in [-0.2, -0.15) is 0 Å². The second kappa shape index (κ2) is 5.02. The van der Waals surface area contributed by atoms with Gasteiger partial charge in [-0.05, 0) is 35.0 Å². The molecule has 23 heavy (non-hydrogen) atoms. The summed E-state index contributed by atoms with van der Waals surface area (Å²) in [4.78, 5) is 14.9. The van der Waals surface area contributed by atoms with Gasteiger partial charge in [-0.1, -0.05) is 0 Å². The molecule has 1 aromatic carbocycles. The number of nitrogens with zero attached hydrogens (tertiary/aromatic N) is 1. The largest absolute Gasteiger partial charge is 0.448 e. The molecule has 2 N–H and O–H groups in total. The second-order valence-electron chi connectivity index (χ2n) is 6.24. The Hall–Kier alpha value is -1.97. The minimum Gasteiger partial charge on any atom is -0.448 e. The van der Waals surface area contributed by atoms with Crippen LogP contribution in [0.4, 0.5) is 5.69 Å². The quantitative estimate of drug-likeness (QED) is 0.697. The summed E-state index contributed by atoms with van der Waals surface area (Å²) in [6, 6.07) is 3.57. The van der Waals surface area contributed by atoms with Crippen LogP contribution in [0.1, 0.15) is 29.0 Å². The van der Waals surface area contributed by atoms with Crippen molar-refractivity contribution in [1.82, 2.24) is 10.2 Å². The zero-order valence-electron chi connectivity index (χ0n) is 12.7. The van der Waals surface area contributed by atoms with Gasteiger partial charge in [0.2, 0.25) is 0 Å². The Morgan fingerprint density at radius 3 is 2.78 bits per heavy atom. The summed E-state index contributed by atoms with van der Waals surface area (Å²) in [7, 11) is 2.09. The number of anilines is 1. The first-order chi connectivity index (χ1) is 11.0. The second-order valence-corrected chi connectivity index (χ2v) is 7.04. The van der Waals surface area contributed by atoms with Crippen molar-refractivity contribution in [3.8, 4) is 12.3 Å². The number of fused-ring (bicyclic) bond motifs is 2. The van der Waals surface area contributed by atoms with Crippen LogP contribution in [-0.2, 0) is 0 Å². The lowest BCUT2D eigenvalue weighted by Gasteiger charge is -2.45. The Balaban J connectivity index is 1.83. The van der Waals surface area contributed by atoms with E-state index in [-0.39, 0.29) is 11.6 Å². The van der Waals surface area contributed by atoms with Crippen LogP contribution in [0.15, 0.2) is 21.0 Å². The number of rotatable bonds is 0. The number of carbonyl (C=O) groups is 1. The van der Waals surface area contributed by atoms with Gasteiger partial charge in [0.25, 0.3) is 5.91 Å². The maximum Gasteiger partial charge on any atom is 0.255 e. The third-order valence-corrected chi connectivity index (χ3v) is 5.53. The normalized spacial score (nSPS) is 20.0. The molecule has 1 amide bonds. The van der Waals surface area contributed by atoms with E-state index in [0.29, 0.717) is 16.9 Å². The van der Waals surface area contributed by atoms with E-state index in [1.54, 1.807) is 6.07 Å². The third kappa shape index (κ3) is 2.23. The van der Waals surface area contributed by atoms with Gasteiger partial charge >= 0.3 is 0 Å². The topological polar surface area (TPSA) is 57.5 Å². The lowest BCUT2D eigenvalue weighted by atomic mass is 9.92. The Kier molecular flexibility index (Phi) is 3.19. The number of likely N-dealkylation sites (tertiary alicyclic amines) is 1. The number of terminal acetylenes is 1. The lowest BCUT2D eigenvalue weighted by Crippen LogP contribution is -2.62. The molecule has 0 aliphatic carbocycles. The molecule has 0 radical (unpaired) electrons. The summed E-state index contributed by atoms with van der Waals surface area (Å²) in [5.41, 5.74) is 1.62. The lowest BCUT2D eigenvalue weighted by molar-refractivity contribution is 0.0845. The number of carbonyl (C=O) groups excluding carboxylic acids is 1. The molecular formula is C17H16BrN3O2. The maximum absolute atomic E-state index is 12.6. The van der Waals surface area contributed by atoms with Gasteiger partial charge in [-0.25, -0.2) is 0 Å². The van der Waals surface area contributed by atoms with Crippen molar-refractivity contribution in [3.63, 3.8) is 0 Å². The summed E-state index contributed by atoms with van der Waals surface area (Å²) >= 11 is 3.62. The zero-order valence-corrected chi connectivity index (χ0v) is 14.3. The van der Waals surface area contributed by atoms with Crippen LogP contribution in [0.25, 0.3) is 11.0 Å². The molecule has 2 aromatic rings. The van der Waals surface area contributed by atoms with Gasteiger partial charge < -0.3 is 20.0 Å². The number of hydrogen-bond donors (Lipinski definition) is 2. The fraction of sp³-hybridized carbons (Fsp3) is 0.353. The summed E-state index contributed by atoms with van der Waals surface area (Å²) in [5, 5.41) is 7.57. The highest BCUT2D eigenvalue weighted by atomic mass is 79.9. The number of benzene rings is 1. The highest BCUT2D eigenvalue weighted by molar-refractivity contribution is 9.10. The van der Waals surface area contributed by atoms with Gasteiger partial charge in [-0.15, -0.1) is 6.42 Å². The van der Waals surface area contributed by atoms with E-state index in [1.165, 1.54) is 0 Å². The molecule has 4 rings (SSSR count). The molecule has 2 aliphatic rings. The highest BCUT2D eigenvalue weighted by Gasteiger charge is 2.40. The summed E-state index contributed by atoms with van der Waals surface area (Å²) in [5.74, 6) is 2.87. The van der Waals surface area contributed by atoms with E-state index in [4.69, 9.17) is 10.8 Å². The zero-order chi connectivity index (χ0) is 16.2. The molecular weight excluding hydrogens is 358 g/mol. The molecule has 0 saturated carbocycles. The van der Waals surface area contributed by atoms with Crippen molar-refractivity contribution in [3.05, 3.63) is 27.9 Å². The molecule has 1 saturated heterocycles. The Morgan fingerprint density at radius 1 is 1.35 bits per heavy atom. The van der Waals surface area contributed by atoms with Crippen LogP contribution in [0.3, 0.4) is 0 Å². The van der Waals surface area contributed by atoms with Gasteiger partial charge in [0.05, 0.1) is 15.7 Å². The van der Waals surface area contributed by atoms with E-state index in [9.17, 15) is 4.79 Å². The Labute approximate surface area is 142 Å². The van der Waals surface area contributed by atoms with Gasteiger partial charge in [0, 0.05) is 37.4 Å². The standard InChI is InChI=1S/C17H16BrN3O2/c1-3-10-8-11-13(23-10)9-12-15(14(11)18)19-17(20-16(12)22)4-6-21(2)7-5-17/h1,8-9,19H,4-7H2,2H3,(H,20,22). The summed E-state index contributed by atoms with van der Waals surface area (Å²) < 4.78 is 6.41. The van der Waals surface area contributed by atoms with Crippen LogP contribution in [0.5, 0.6) is 0 Å². The number of amides is 1. The van der Waals surface area contributed by atoms with Crippen molar-refractivity contribution in [2.24, 2.45) is 0 Å². The van der Waals surface area contributed by atoms with Crippen molar-refractivity contribution < 1.29 is 9.21 Å². The SMILES string of the molecule is C#Cc1cc2c(Br)c3c(cc2o1)C(=O)NC1(CCN(C)CC1)N3. The minimum absolute atomic E-state index is 0.0791. The molecule has 118 valence electrons. The third-order valence-electron chi connectivity index (χ3n) is 4.71. The number of piperidine rings is 1. The van der Waals surface area contributed by atoms with Crippen LogP contribution in [-0.4, -0.2) is 36.6 Å². The smallest absolute Gasteiger partial charge is 0.255 e. The molecule has 6 heteroatoms. The van der Waals surface area contributed by atoms with Crippen molar-refractivity contribution in [2.75, 3.05) is 25.5 Å². The fourth-order valence-corrected chi connectivity index (χ4v) is 3.94. The van der Waals surface area contributed by atoms with Gasteiger partial charge in [0.15, 0.2) is 5.76 Å². The molecule has 5 nitrogen and oxygen atoms in total. The van der Waals surface area contributed by atoms with E-state index >= 15 is 0 Å². The van der Waals surface area contributed by atoms with Crippen LogP contribution >= 0.6 is 15.9 Å². The van der Waals surface area contributed by atoms with Gasteiger partial charge in [0.1, 0.15) is 11.2 Å². The summed E-state index contributed by atoms with van der Waals surface area (Å²) in [6.07, 6.45) is 7.13.